The number of rotatable bonds is 52. The first-order valence-corrected chi connectivity index (χ1v) is 28.6. The Morgan fingerprint density at radius 3 is 1.22 bits per heavy atom. The molecule has 0 aromatic rings. The first-order valence-electron chi connectivity index (χ1n) is 28.6. The zero-order valence-electron chi connectivity index (χ0n) is 43.2. The zero-order valence-corrected chi connectivity index (χ0v) is 43.2. The summed E-state index contributed by atoms with van der Waals surface area (Å²) >= 11 is 0. The fraction of sp³-hybridized carbons (Fsp3) is 0.897. The molecular weight excluding hydrogens is 791 g/mol. The Bertz CT molecular complexity index is 1010. The molecule has 0 saturated carbocycles. The van der Waals surface area contributed by atoms with Gasteiger partial charge in [0.1, 0.15) is 6.10 Å². The summed E-state index contributed by atoms with van der Waals surface area (Å²) in [6, 6.07) is -0.702. The van der Waals surface area contributed by atoms with Crippen LogP contribution in [0.1, 0.15) is 310 Å². The molecule has 0 fully saturated rings. The third kappa shape index (κ3) is 46.9. The van der Waals surface area contributed by atoms with Crippen molar-refractivity contribution in [1.82, 2.24) is 5.32 Å². The maximum atomic E-state index is 13.2. The highest BCUT2D eigenvalue weighted by atomic mass is 16.5. The molecule has 3 unspecified atom stereocenters. The van der Waals surface area contributed by atoms with E-state index in [2.05, 4.69) is 50.4 Å². The van der Waals surface area contributed by atoms with Gasteiger partial charge < -0.3 is 20.3 Å². The number of esters is 1. The lowest BCUT2D eigenvalue weighted by Gasteiger charge is -2.24. The van der Waals surface area contributed by atoms with Crippen LogP contribution in [0.25, 0.3) is 0 Å². The van der Waals surface area contributed by atoms with Gasteiger partial charge in [0.15, 0.2) is 0 Å². The van der Waals surface area contributed by atoms with Crippen LogP contribution >= 0.6 is 0 Å². The normalized spacial score (nSPS) is 13.3. The Balaban J connectivity index is 4.54. The number of aliphatic hydroxyl groups is 2. The number of hydrogen-bond acceptors (Lipinski definition) is 5. The topological polar surface area (TPSA) is 95.9 Å². The van der Waals surface area contributed by atoms with Crippen molar-refractivity contribution in [3.63, 3.8) is 0 Å². The quantitative estimate of drug-likeness (QED) is 0.0321. The molecule has 0 spiro atoms. The van der Waals surface area contributed by atoms with E-state index in [-0.39, 0.29) is 24.9 Å². The molecule has 3 atom stereocenters. The van der Waals surface area contributed by atoms with Crippen molar-refractivity contribution in [3.8, 4) is 0 Å². The number of nitrogens with one attached hydrogen (secondary N) is 1. The molecule has 1 amide bonds. The predicted molar refractivity (Wildman–Crippen MR) is 278 cm³/mol. The van der Waals surface area contributed by atoms with E-state index in [9.17, 15) is 19.8 Å². The second kappa shape index (κ2) is 52.3. The Morgan fingerprint density at radius 2 is 0.797 bits per heavy atom. The largest absolute Gasteiger partial charge is 0.462 e. The minimum atomic E-state index is -0.788. The van der Waals surface area contributed by atoms with Crippen LogP contribution in [0.4, 0.5) is 0 Å². The van der Waals surface area contributed by atoms with Gasteiger partial charge in [0.05, 0.1) is 25.2 Å². The Hall–Kier alpha value is -1.66. The third-order valence-electron chi connectivity index (χ3n) is 13.3. The van der Waals surface area contributed by atoms with Crippen LogP contribution in [0.3, 0.4) is 0 Å². The lowest BCUT2D eigenvalue weighted by Crippen LogP contribution is -2.46. The van der Waals surface area contributed by atoms with Crippen LogP contribution in [0, 0.1) is 0 Å². The fourth-order valence-electron chi connectivity index (χ4n) is 8.93. The summed E-state index contributed by atoms with van der Waals surface area (Å²) in [5.41, 5.74) is 0. The van der Waals surface area contributed by atoms with E-state index in [0.29, 0.717) is 19.3 Å². The van der Waals surface area contributed by atoms with Crippen LogP contribution < -0.4 is 5.32 Å². The number of allylic oxidation sites excluding steroid dienone is 4. The van der Waals surface area contributed by atoms with Gasteiger partial charge in [-0.05, 0) is 57.8 Å². The highest BCUT2D eigenvalue weighted by Gasteiger charge is 2.24. The number of carbonyl (C=O) groups excluding carboxylic acids is 2. The number of amides is 1. The SMILES string of the molecule is CCCCC/C=C\C/C=C\CCCCCCCC(CC(=O)NC(CO)C(O)CCCCCCCCCCCCCCC)OC(=O)CCCCCCCCCCCCCCCCCCC. The lowest BCUT2D eigenvalue weighted by molar-refractivity contribution is -0.151. The van der Waals surface area contributed by atoms with Gasteiger partial charge in [0.2, 0.25) is 5.91 Å². The van der Waals surface area contributed by atoms with Crippen molar-refractivity contribution in [1.29, 1.82) is 0 Å². The number of unbranched alkanes of at least 4 members (excludes halogenated alkanes) is 36. The van der Waals surface area contributed by atoms with Gasteiger partial charge >= 0.3 is 5.97 Å². The van der Waals surface area contributed by atoms with E-state index in [4.69, 9.17) is 4.74 Å². The Morgan fingerprint density at radius 1 is 0.453 bits per heavy atom. The molecule has 0 aromatic carbocycles. The van der Waals surface area contributed by atoms with Gasteiger partial charge in [-0.2, -0.15) is 0 Å². The molecule has 0 aliphatic heterocycles. The van der Waals surface area contributed by atoms with Crippen LogP contribution in [0.5, 0.6) is 0 Å². The fourth-order valence-corrected chi connectivity index (χ4v) is 8.93. The summed E-state index contributed by atoms with van der Waals surface area (Å²) < 4.78 is 5.96. The summed E-state index contributed by atoms with van der Waals surface area (Å²) in [4.78, 5) is 26.2. The van der Waals surface area contributed by atoms with E-state index in [1.165, 1.54) is 199 Å². The van der Waals surface area contributed by atoms with Gasteiger partial charge in [-0.1, -0.05) is 263 Å². The minimum Gasteiger partial charge on any atom is -0.462 e. The summed E-state index contributed by atoms with van der Waals surface area (Å²) in [6.45, 7) is 6.49. The lowest BCUT2D eigenvalue weighted by atomic mass is 10.0. The molecule has 6 nitrogen and oxygen atoms in total. The average Bonchev–Trinajstić information content (AvgIpc) is 3.29. The molecule has 0 aliphatic rings. The highest BCUT2D eigenvalue weighted by Crippen LogP contribution is 2.19. The molecule has 0 saturated heterocycles. The molecule has 0 rings (SSSR count). The van der Waals surface area contributed by atoms with Gasteiger partial charge in [-0.25, -0.2) is 0 Å². The van der Waals surface area contributed by atoms with Crippen molar-refractivity contribution in [2.45, 2.75) is 328 Å². The molecule has 0 heterocycles. The summed E-state index contributed by atoms with van der Waals surface area (Å²) in [6.07, 6.45) is 61.0. The van der Waals surface area contributed by atoms with Crippen molar-refractivity contribution in [2.75, 3.05) is 6.61 Å². The smallest absolute Gasteiger partial charge is 0.306 e. The van der Waals surface area contributed by atoms with Crippen molar-refractivity contribution in [2.24, 2.45) is 0 Å². The molecule has 3 N–H and O–H groups in total. The number of hydrogen-bond donors (Lipinski definition) is 3. The van der Waals surface area contributed by atoms with Gasteiger partial charge in [0, 0.05) is 6.42 Å². The standard InChI is InChI=1S/C58H111NO5/c1-4-7-10-13-16-19-22-25-27-28-30-33-36-39-42-45-48-51-58(63)64-54(49-46-43-40-37-34-32-29-26-23-20-17-14-11-8-5-2)52-57(62)59-55(53-60)56(61)50-47-44-41-38-35-31-24-21-18-15-12-9-6-3/h17,20,26,29,54-56,60-61H,4-16,18-19,21-25,27-28,30-53H2,1-3H3,(H,59,62)/b20-17-,29-26-. The molecule has 0 aromatic heterocycles. The van der Waals surface area contributed by atoms with Crippen LogP contribution in [0.15, 0.2) is 24.3 Å². The summed E-state index contributed by atoms with van der Waals surface area (Å²) in [5.74, 6) is -0.468. The predicted octanol–water partition coefficient (Wildman–Crippen LogP) is 17.5. The Labute approximate surface area is 399 Å². The van der Waals surface area contributed by atoms with E-state index in [1.54, 1.807) is 0 Å². The van der Waals surface area contributed by atoms with E-state index >= 15 is 0 Å². The summed E-state index contributed by atoms with van der Waals surface area (Å²) in [7, 11) is 0. The van der Waals surface area contributed by atoms with E-state index in [1.807, 2.05) is 0 Å². The molecule has 378 valence electrons. The van der Waals surface area contributed by atoms with Crippen molar-refractivity contribution in [3.05, 3.63) is 24.3 Å². The molecule has 6 heteroatoms. The second-order valence-corrected chi connectivity index (χ2v) is 19.7. The zero-order chi connectivity index (χ0) is 46.7. The monoisotopic (exact) mass is 902 g/mol. The van der Waals surface area contributed by atoms with Gasteiger partial charge in [-0.3, -0.25) is 9.59 Å². The van der Waals surface area contributed by atoms with Crippen LogP contribution in [-0.2, 0) is 14.3 Å². The minimum absolute atomic E-state index is 0.0740. The van der Waals surface area contributed by atoms with Crippen molar-refractivity contribution >= 4 is 11.9 Å². The second-order valence-electron chi connectivity index (χ2n) is 19.7. The number of aliphatic hydroxyl groups excluding tert-OH is 2. The average molecular weight is 903 g/mol. The molecular formula is C58H111NO5. The molecule has 0 bridgehead atoms. The number of carbonyl (C=O) groups is 2. The van der Waals surface area contributed by atoms with Crippen LogP contribution in [-0.4, -0.2) is 46.9 Å². The molecule has 0 radical (unpaired) electrons. The molecule has 64 heavy (non-hydrogen) atoms. The summed E-state index contributed by atoms with van der Waals surface area (Å²) in [5, 5.41) is 23.8. The first-order chi connectivity index (χ1) is 31.5. The van der Waals surface area contributed by atoms with Crippen LogP contribution in [0.2, 0.25) is 0 Å². The molecule has 0 aliphatic carbocycles. The van der Waals surface area contributed by atoms with Gasteiger partial charge in [-0.15, -0.1) is 0 Å². The van der Waals surface area contributed by atoms with Gasteiger partial charge in [0.25, 0.3) is 0 Å². The van der Waals surface area contributed by atoms with E-state index in [0.717, 1.165) is 64.2 Å². The maximum Gasteiger partial charge on any atom is 0.306 e. The Kier molecular flexibility index (Phi) is 51.0. The number of ether oxygens (including phenoxy) is 1. The highest BCUT2D eigenvalue weighted by molar-refractivity contribution is 5.77. The first kappa shape index (κ1) is 62.3. The van der Waals surface area contributed by atoms with Crippen molar-refractivity contribution < 1.29 is 24.5 Å². The third-order valence-corrected chi connectivity index (χ3v) is 13.3. The van der Waals surface area contributed by atoms with E-state index < -0.39 is 18.2 Å². The maximum absolute atomic E-state index is 13.2.